The zero-order chi connectivity index (χ0) is 24.5. The molecule has 3 N–H and O–H groups in total. The number of pyridine rings is 1. The summed E-state index contributed by atoms with van der Waals surface area (Å²) in [6, 6.07) is 5.41. The maximum atomic E-state index is 14.9. The molecule has 0 spiro atoms. The van der Waals surface area contributed by atoms with Crippen molar-refractivity contribution in [1.82, 2.24) is 10.3 Å². The minimum absolute atomic E-state index is 0.0384. The topological polar surface area (TPSA) is 74.6 Å². The summed E-state index contributed by atoms with van der Waals surface area (Å²) in [4.78, 5) is 4.06. The van der Waals surface area contributed by atoms with Crippen LogP contribution in [0.3, 0.4) is 0 Å². The van der Waals surface area contributed by atoms with Gasteiger partial charge in [-0.3, -0.25) is 4.98 Å². The highest BCUT2D eigenvalue weighted by Crippen LogP contribution is 2.35. The number of aromatic nitrogens is 1. The number of nitrogens with zero attached hydrogens (tertiary/aromatic N) is 1. The molecule has 0 bridgehead atoms. The minimum Gasteiger partial charge on any atom is -0.490 e. The van der Waals surface area contributed by atoms with Crippen LogP contribution in [0.25, 0.3) is 10.8 Å². The van der Waals surface area contributed by atoms with Gasteiger partial charge in [0, 0.05) is 49.0 Å². The SMILES string of the molecule is OCC[C@@H](O)c1cc(F)c(CNC2CC(Oc3ccc(F)c(C(F)(F)F)c3)C2)c2ccncc12. The second-order valence-corrected chi connectivity index (χ2v) is 8.30. The molecule has 182 valence electrons. The fourth-order valence-corrected chi connectivity index (χ4v) is 4.11. The average Bonchev–Trinajstić information content (AvgIpc) is 2.76. The smallest absolute Gasteiger partial charge is 0.419 e. The van der Waals surface area contributed by atoms with Gasteiger partial charge in [0.1, 0.15) is 23.5 Å². The third kappa shape index (κ3) is 5.13. The van der Waals surface area contributed by atoms with Crippen LogP contribution in [-0.4, -0.2) is 33.9 Å². The molecule has 1 atom stereocenters. The molecule has 1 aromatic heterocycles. The van der Waals surface area contributed by atoms with E-state index in [0.29, 0.717) is 40.8 Å². The summed E-state index contributed by atoms with van der Waals surface area (Å²) in [7, 11) is 0. The number of hydrogen-bond acceptors (Lipinski definition) is 5. The van der Waals surface area contributed by atoms with Gasteiger partial charge in [-0.2, -0.15) is 13.2 Å². The van der Waals surface area contributed by atoms with Gasteiger partial charge < -0.3 is 20.3 Å². The molecule has 4 rings (SSSR count). The van der Waals surface area contributed by atoms with Crippen molar-refractivity contribution in [3.05, 3.63) is 71.1 Å². The number of fused-ring (bicyclic) bond motifs is 1. The lowest BCUT2D eigenvalue weighted by Crippen LogP contribution is -2.46. The Morgan fingerprint density at radius 2 is 1.85 bits per heavy atom. The number of halogens is 5. The van der Waals surface area contributed by atoms with Crippen LogP contribution in [0.15, 0.2) is 42.7 Å². The second-order valence-electron chi connectivity index (χ2n) is 8.30. The average molecular weight is 482 g/mol. The van der Waals surface area contributed by atoms with E-state index >= 15 is 0 Å². The summed E-state index contributed by atoms with van der Waals surface area (Å²) in [6.45, 7) is -0.0525. The van der Waals surface area contributed by atoms with Crippen molar-refractivity contribution < 1.29 is 36.9 Å². The lowest BCUT2D eigenvalue weighted by Gasteiger charge is -2.36. The van der Waals surface area contributed by atoms with E-state index in [1.54, 1.807) is 12.3 Å². The first-order valence-electron chi connectivity index (χ1n) is 10.8. The molecule has 2 aromatic carbocycles. The Morgan fingerprint density at radius 1 is 1.09 bits per heavy atom. The standard InChI is InChI=1S/C24H23F5N2O3/c25-21-2-1-14(9-20(21)24(27,28)29)34-15-7-13(8-15)31-12-19-16-3-5-30-11-18(16)17(10-22(19)26)23(33)4-6-32/h1-3,5,9-11,13,15,23,31-33H,4,6-8,12H2/t13?,15?,23-/m1/s1. The van der Waals surface area contributed by atoms with Crippen molar-refractivity contribution in [3.8, 4) is 5.75 Å². The lowest BCUT2D eigenvalue weighted by molar-refractivity contribution is -0.140. The molecule has 1 heterocycles. The van der Waals surface area contributed by atoms with Crippen LogP contribution in [0, 0.1) is 11.6 Å². The minimum atomic E-state index is -4.81. The van der Waals surface area contributed by atoms with Crippen molar-refractivity contribution in [2.75, 3.05) is 6.61 Å². The van der Waals surface area contributed by atoms with E-state index in [4.69, 9.17) is 9.84 Å². The van der Waals surface area contributed by atoms with Crippen LogP contribution in [-0.2, 0) is 12.7 Å². The molecular formula is C24H23F5N2O3. The van der Waals surface area contributed by atoms with Crippen LogP contribution in [0.2, 0.25) is 0 Å². The van der Waals surface area contributed by atoms with E-state index in [2.05, 4.69) is 10.3 Å². The van der Waals surface area contributed by atoms with Gasteiger partial charge in [-0.15, -0.1) is 0 Å². The fraction of sp³-hybridized carbons (Fsp3) is 0.375. The van der Waals surface area contributed by atoms with Gasteiger partial charge in [-0.1, -0.05) is 0 Å². The van der Waals surface area contributed by atoms with E-state index in [0.717, 1.165) is 12.1 Å². The molecule has 1 fully saturated rings. The quantitative estimate of drug-likeness (QED) is 0.408. The molecule has 5 nitrogen and oxygen atoms in total. The first kappa shape index (κ1) is 24.3. The Labute approximate surface area is 192 Å². The van der Waals surface area contributed by atoms with Gasteiger partial charge >= 0.3 is 6.18 Å². The number of benzene rings is 2. The van der Waals surface area contributed by atoms with Gasteiger partial charge in [0.2, 0.25) is 0 Å². The summed E-state index contributed by atoms with van der Waals surface area (Å²) in [5.41, 5.74) is -0.619. The summed E-state index contributed by atoms with van der Waals surface area (Å²) in [6.07, 6.45) is -2.05. The van der Waals surface area contributed by atoms with Crippen LogP contribution in [0.5, 0.6) is 5.75 Å². The molecule has 0 amide bonds. The predicted octanol–water partition coefficient (Wildman–Crippen LogP) is 4.65. The third-order valence-electron chi connectivity index (χ3n) is 6.00. The number of hydrogen-bond donors (Lipinski definition) is 3. The molecule has 34 heavy (non-hydrogen) atoms. The van der Waals surface area contributed by atoms with Gasteiger partial charge in [-0.05, 0) is 54.1 Å². The maximum Gasteiger partial charge on any atom is 0.419 e. The zero-order valence-corrected chi connectivity index (χ0v) is 17.9. The highest BCUT2D eigenvalue weighted by molar-refractivity contribution is 5.88. The summed E-state index contributed by atoms with van der Waals surface area (Å²) < 4.78 is 72.5. The summed E-state index contributed by atoms with van der Waals surface area (Å²) in [5.74, 6) is -1.91. The Balaban J connectivity index is 1.39. The first-order valence-corrected chi connectivity index (χ1v) is 10.8. The first-order chi connectivity index (χ1) is 16.2. The number of aliphatic hydroxyl groups excluding tert-OH is 2. The largest absolute Gasteiger partial charge is 0.490 e. The van der Waals surface area contributed by atoms with Gasteiger partial charge in [-0.25, -0.2) is 8.78 Å². The maximum absolute atomic E-state index is 14.9. The normalized spacial score (nSPS) is 19.1. The molecule has 1 aliphatic rings. The highest BCUT2D eigenvalue weighted by atomic mass is 19.4. The molecule has 1 saturated carbocycles. The molecule has 0 aliphatic heterocycles. The Kier molecular flexibility index (Phi) is 7.01. The number of ether oxygens (including phenoxy) is 1. The lowest BCUT2D eigenvalue weighted by atomic mass is 9.88. The molecular weight excluding hydrogens is 459 g/mol. The number of alkyl halides is 3. The predicted molar refractivity (Wildman–Crippen MR) is 114 cm³/mol. The van der Waals surface area contributed by atoms with E-state index in [1.165, 1.54) is 12.3 Å². The van der Waals surface area contributed by atoms with E-state index in [1.807, 2.05) is 0 Å². The van der Waals surface area contributed by atoms with Crippen molar-refractivity contribution in [2.45, 2.75) is 50.2 Å². The Bertz CT molecular complexity index is 1170. The Hall–Kier alpha value is -2.82. The molecule has 0 radical (unpaired) electrons. The molecule has 10 heteroatoms. The van der Waals surface area contributed by atoms with Crippen molar-refractivity contribution in [2.24, 2.45) is 0 Å². The highest BCUT2D eigenvalue weighted by Gasteiger charge is 2.36. The number of rotatable bonds is 8. The summed E-state index contributed by atoms with van der Waals surface area (Å²) in [5, 5.41) is 23.8. The number of aliphatic hydroxyl groups is 2. The molecule has 1 aliphatic carbocycles. The van der Waals surface area contributed by atoms with Crippen LogP contribution in [0.4, 0.5) is 22.0 Å². The molecule has 3 aromatic rings. The van der Waals surface area contributed by atoms with Crippen LogP contribution >= 0.6 is 0 Å². The monoisotopic (exact) mass is 482 g/mol. The number of nitrogens with one attached hydrogen (secondary N) is 1. The van der Waals surface area contributed by atoms with E-state index < -0.39 is 29.5 Å². The van der Waals surface area contributed by atoms with E-state index in [-0.39, 0.29) is 37.5 Å². The van der Waals surface area contributed by atoms with Crippen molar-refractivity contribution in [3.63, 3.8) is 0 Å². The zero-order valence-electron chi connectivity index (χ0n) is 17.9. The fourth-order valence-electron chi connectivity index (χ4n) is 4.11. The van der Waals surface area contributed by atoms with Gasteiger partial charge in [0.15, 0.2) is 0 Å². The van der Waals surface area contributed by atoms with Crippen molar-refractivity contribution >= 4 is 10.8 Å². The molecule has 0 saturated heterocycles. The van der Waals surface area contributed by atoms with E-state index in [9.17, 15) is 27.1 Å². The van der Waals surface area contributed by atoms with Crippen molar-refractivity contribution in [1.29, 1.82) is 0 Å². The second kappa shape index (κ2) is 9.81. The van der Waals surface area contributed by atoms with Crippen LogP contribution < -0.4 is 10.1 Å². The van der Waals surface area contributed by atoms with Gasteiger partial charge in [0.25, 0.3) is 0 Å². The Morgan fingerprint density at radius 3 is 2.56 bits per heavy atom. The third-order valence-corrected chi connectivity index (χ3v) is 6.00. The van der Waals surface area contributed by atoms with Crippen LogP contribution in [0.1, 0.15) is 42.1 Å². The molecule has 0 unspecified atom stereocenters. The summed E-state index contributed by atoms with van der Waals surface area (Å²) >= 11 is 0. The van der Waals surface area contributed by atoms with Gasteiger partial charge in [0.05, 0.1) is 11.7 Å².